The summed E-state index contributed by atoms with van der Waals surface area (Å²) in [6.07, 6.45) is 3.16. The number of nitrogens with zero attached hydrogens (tertiary/aromatic N) is 6. The lowest BCUT2D eigenvalue weighted by Crippen LogP contribution is -2.53. The number of piperazine rings is 1. The van der Waals surface area contributed by atoms with Gasteiger partial charge in [-0.15, -0.1) is 5.10 Å². The van der Waals surface area contributed by atoms with Crippen molar-refractivity contribution in [2.45, 2.75) is 6.92 Å². The van der Waals surface area contributed by atoms with Gasteiger partial charge in [0.05, 0.1) is 6.26 Å². The van der Waals surface area contributed by atoms with Crippen LogP contribution in [0.3, 0.4) is 0 Å². The molecule has 31 heavy (non-hydrogen) atoms. The van der Waals surface area contributed by atoms with Crippen molar-refractivity contribution in [3.8, 4) is 11.4 Å². The van der Waals surface area contributed by atoms with Crippen LogP contribution in [0, 0.1) is 0 Å². The van der Waals surface area contributed by atoms with Gasteiger partial charge in [0.2, 0.25) is 0 Å². The van der Waals surface area contributed by atoms with E-state index in [4.69, 9.17) is 4.42 Å². The van der Waals surface area contributed by atoms with Gasteiger partial charge in [-0.3, -0.25) is 4.79 Å². The summed E-state index contributed by atoms with van der Waals surface area (Å²) in [6, 6.07) is 12.8. The summed E-state index contributed by atoms with van der Waals surface area (Å²) >= 11 is 0. The average Bonchev–Trinajstić information content (AvgIpc) is 3.50. The third-order valence-corrected chi connectivity index (χ3v) is 4.95. The Morgan fingerprint density at radius 3 is 2.48 bits per heavy atom. The van der Waals surface area contributed by atoms with Crippen molar-refractivity contribution in [1.82, 2.24) is 35.3 Å². The zero-order valence-corrected chi connectivity index (χ0v) is 17.1. The first-order chi connectivity index (χ1) is 15.2. The lowest BCUT2D eigenvalue weighted by Gasteiger charge is -2.35. The molecule has 1 aromatic carbocycles. The standard InChI is InChI=1S/C21H23N7O3/c1-2-22-21(30)27-12-10-26(11-13-27)20(29)18(15-17-9-6-14-31-17)28-19(23-24-25-28)16-7-4-3-5-8-16/h3-9,14-15H,2,10-13H2,1H3,(H,22,30)/b18-15-. The minimum absolute atomic E-state index is 0.118. The Hall–Kier alpha value is -3.95. The van der Waals surface area contributed by atoms with E-state index in [0.717, 1.165) is 5.56 Å². The lowest BCUT2D eigenvalue weighted by atomic mass is 10.2. The van der Waals surface area contributed by atoms with Crippen molar-refractivity contribution in [2.24, 2.45) is 0 Å². The second-order valence-corrected chi connectivity index (χ2v) is 6.94. The van der Waals surface area contributed by atoms with Crippen LogP contribution in [0.25, 0.3) is 23.2 Å². The fraction of sp³-hybridized carbons (Fsp3) is 0.286. The fourth-order valence-corrected chi connectivity index (χ4v) is 3.38. The van der Waals surface area contributed by atoms with Gasteiger partial charge in [-0.05, 0) is 29.5 Å². The molecule has 1 aliphatic rings. The Bertz CT molecular complexity index is 1050. The molecule has 3 heterocycles. The second kappa shape index (κ2) is 9.24. The van der Waals surface area contributed by atoms with E-state index < -0.39 is 0 Å². The summed E-state index contributed by atoms with van der Waals surface area (Å²) in [5, 5.41) is 14.8. The highest BCUT2D eigenvalue weighted by Crippen LogP contribution is 2.22. The number of carbonyl (C=O) groups excluding carboxylic acids is 2. The lowest BCUT2D eigenvalue weighted by molar-refractivity contribution is -0.126. The predicted octanol–water partition coefficient (Wildman–Crippen LogP) is 1.80. The summed E-state index contributed by atoms with van der Waals surface area (Å²) in [6.45, 7) is 4.16. The van der Waals surface area contributed by atoms with Gasteiger partial charge in [-0.2, -0.15) is 4.68 Å². The van der Waals surface area contributed by atoms with E-state index >= 15 is 0 Å². The second-order valence-electron chi connectivity index (χ2n) is 6.94. The van der Waals surface area contributed by atoms with Crippen LogP contribution in [0.1, 0.15) is 12.7 Å². The summed E-state index contributed by atoms with van der Waals surface area (Å²) in [4.78, 5) is 29.0. The molecular weight excluding hydrogens is 398 g/mol. The van der Waals surface area contributed by atoms with Crippen LogP contribution >= 0.6 is 0 Å². The first kappa shape index (κ1) is 20.3. The molecule has 1 fully saturated rings. The summed E-state index contributed by atoms with van der Waals surface area (Å²) in [7, 11) is 0. The van der Waals surface area contributed by atoms with Gasteiger partial charge < -0.3 is 19.5 Å². The van der Waals surface area contributed by atoms with Gasteiger partial charge in [0.25, 0.3) is 5.91 Å². The average molecular weight is 421 g/mol. The van der Waals surface area contributed by atoms with Crippen molar-refractivity contribution in [3.05, 3.63) is 54.5 Å². The number of benzene rings is 1. The molecule has 0 bridgehead atoms. The molecule has 0 radical (unpaired) electrons. The largest absolute Gasteiger partial charge is 0.465 e. The smallest absolute Gasteiger partial charge is 0.317 e. The topological polar surface area (TPSA) is 109 Å². The Balaban J connectivity index is 1.62. The first-order valence-electron chi connectivity index (χ1n) is 10.1. The molecule has 1 saturated heterocycles. The van der Waals surface area contributed by atoms with Crippen molar-refractivity contribution in [2.75, 3.05) is 32.7 Å². The molecule has 0 atom stereocenters. The number of nitrogens with one attached hydrogen (secondary N) is 1. The number of furan rings is 1. The normalized spacial score (nSPS) is 14.5. The zero-order chi connectivity index (χ0) is 21.6. The highest BCUT2D eigenvalue weighted by Gasteiger charge is 2.28. The minimum Gasteiger partial charge on any atom is -0.465 e. The molecule has 0 spiro atoms. The van der Waals surface area contributed by atoms with Crippen LogP contribution in [-0.2, 0) is 4.79 Å². The Labute approximate surface area is 179 Å². The molecule has 1 N–H and O–H groups in total. The number of urea groups is 1. The van der Waals surface area contributed by atoms with Crippen molar-refractivity contribution in [1.29, 1.82) is 0 Å². The number of hydrogen-bond donors (Lipinski definition) is 1. The maximum absolute atomic E-state index is 13.5. The quantitative estimate of drug-likeness (QED) is 0.629. The molecule has 3 amide bonds. The van der Waals surface area contributed by atoms with Crippen molar-refractivity contribution in [3.63, 3.8) is 0 Å². The molecule has 0 saturated carbocycles. The Kier molecular flexibility index (Phi) is 6.06. The van der Waals surface area contributed by atoms with E-state index in [1.54, 1.807) is 28.0 Å². The number of tetrazole rings is 1. The highest BCUT2D eigenvalue weighted by molar-refractivity contribution is 6.18. The van der Waals surface area contributed by atoms with Crippen LogP contribution < -0.4 is 5.32 Å². The zero-order valence-electron chi connectivity index (χ0n) is 17.1. The van der Waals surface area contributed by atoms with Gasteiger partial charge in [-0.1, -0.05) is 30.3 Å². The van der Waals surface area contributed by atoms with E-state index in [9.17, 15) is 9.59 Å². The summed E-state index contributed by atoms with van der Waals surface area (Å²) in [5.41, 5.74) is 1.05. The molecule has 4 rings (SSSR count). The van der Waals surface area contributed by atoms with E-state index in [2.05, 4.69) is 20.8 Å². The van der Waals surface area contributed by atoms with Gasteiger partial charge in [0, 0.05) is 44.4 Å². The van der Waals surface area contributed by atoms with Crippen LogP contribution in [0.15, 0.2) is 53.1 Å². The minimum atomic E-state index is -0.239. The molecule has 10 heteroatoms. The van der Waals surface area contributed by atoms with Crippen LogP contribution in [0.5, 0.6) is 0 Å². The third kappa shape index (κ3) is 4.47. The van der Waals surface area contributed by atoms with Gasteiger partial charge in [-0.25, -0.2) is 4.79 Å². The molecule has 0 aliphatic carbocycles. The Morgan fingerprint density at radius 1 is 1.06 bits per heavy atom. The van der Waals surface area contributed by atoms with Crippen LogP contribution in [0.2, 0.25) is 0 Å². The molecule has 0 unspecified atom stereocenters. The molecule has 3 aromatic rings. The fourth-order valence-electron chi connectivity index (χ4n) is 3.38. The maximum Gasteiger partial charge on any atom is 0.317 e. The van der Waals surface area contributed by atoms with Gasteiger partial charge >= 0.3 is 6.03 Å². The Morgan fingerprint density at radius 2 is 1.81 bits per heavy atom. The maximum atomic E-state index is 13.5. The van der Waals surface area contributed by atoms with E-state index in [-0.39, 0.29) is 17.6 Å². The number of rotatable bonds is 5. The first-order valence-corrected chi connectivity index (χ1v) is 10.1. The van der Waals surface area contributed by atoms with Crippen LogP contribution in [-0.4, -0.2) is 74.7 Å². The number of hydrogen-bond acceptors (Lipinski definition) is 6. The van der Waals surface area contributed by atoms with Crippen LogP contribution in [0.4, 0.5) is 4.79 Å². The third-order valence-electron chi connectivity index (χ3n) is 4.95. The highest BCUT2D eigenvalue weighted by atomic mass is 16.3. The van der Waals surface area contributed by atoms with E-state index in [1.807, 2.05) is 37.3 Å². The van der Waals surface area contributed by atoms with E-state index in [1.165, 1.54) is 10.9 Å². The van der Waals surface area contributed by atoms with Gasteiger partial charge in [0.1, 0.15) is 11.5 Å². The molecule has 160 valence electrons. The SMILES string of the molecule is CCNC(=O)N1CCN(C(=O)/C(=C/c2ccco2)n2nnnc2-c2ccccc2)CC1. The molecule has 10 nitrogen and oxygen atoms in total. The molecule has 2 aromatic heterocycles. The number of amides is 3. The molecular formula is C21H23N7O3. The summed E-state index contributed by atoms with van der Waals surface area (Å²) in [5.74, 6) is 0.725. The predicted molar refractivity (Wildman–Crippen MR) is 113 cm³/mol. The van der Waals surface area contributed by atoms with E-state index in [0.29, 0.717) is 44.3 Å². The monoisotopic (exact) mass is 421 g/mol. The molecule has 1 aliphatic heterocycles. The number of carbonyl (C=O) groups is 2. The summed E-state index contributed by atoms with van der Waals surface area (Å²) < 4.78 is 6.86. The number of aromatic nitrogens is 4. The van der Waals surface area contributed by atoms with Crippen molar-refractivity contribution < 1.29 is 14.0 Å². The van der Waals surface area contributed by atoms with Gasteiger partial charge in [0.15, 0.2) is 5.82 Å². The van der Waals surface area contributed by atoms with Crippen molar-refractivity contribution >= 4 is 23.7 Å².